The molecule has 0 aliphatic heterocycles. The smallest absolute Gasteiger partial charge is 0.148 e. The number of hydrogen-bond donors (Lipinski definition) is 1. The Morgan fingerprint density at radius 3 is 2.76 bits per heavy atom. The lowest BCUT2D eigenvalue weighted by molar-refractivity contribution is 0.632. The van der Waals surface area contributed by atoms with Crippen molar-refractivity contribution in [2.45, 2.75) is 6.54 Å². The summed E-state index contributed by atoms with van der Waals surface area (Å²) in [5.74, 6) is -0.393. The normalized spacial score (nSPS) is 10.2. The van der Waals surface area contributed by atoms with Crippen molar-refractivity contribution >= 4 is 11.4 Å². The zero-order chi connectivity index (χ0) is 12.3. The van der Waals surface area contributed by atoms with E-state index in [-0.39, 0.29) is 5.69 Å². The summed E-state index contributed by atoms with van der Waals surface area (Å²) in [5.41, 5.74) is 7.46. The second-order valence-electron chi connectivity index (χ2n) is 3.85. The van der Waals surface area contributed by atoms with E-state index in [1.165, 1.54) is 6.07 Å². The molecular weight excluding hydrogens is 217 g/mol. The zero-order valence-electron chi connectivity index (χ0n) is 9.60. The van der Waals surface area contributed by atoms with Gasteiger partial charge in [-0.25, -0.2) is 4.39 Å². The number of rotatable bonds is 3. The number of benzene rings is 1. The number of nitrogens with two attached hydrogens (primary N) is 1. The van der Waals surface area contributed by atoms with E-state index in [1.807, 2.05) is 30.1 Å². The zero-order valence-corrected chi connectivity index (χ0v) is 9.60. The van der Waals surface area contributed by atoms with Gasteiger partial charge < -0.3 is 10.6 Å². The van der Waals surface area contributed by atoms with Gasteiger partial charge in [0.05, 0.1) is 23.6 Å². The largest absolute Gasteiger partial charge is 0.395 e. The van der Waals surface area contributed by atoms with Gasteiger partial charge in [0.15, 0.2) is 0 Å². The van der Waals surface area contributed by atoms with E-state index in [0.717, 1.165) is 5.69 Å². The van der Waals surface area contributed by atoms with Crippen LogP contribution in [0.15, 0.2) is 42.6 Å². The summed E-state index contributed by atoms with van der Waals surface area (Å²) in [5, 5.41) is 0. The van der Waals surface area contributed by atoms with Crippen LogP contribution in [0.25, 0.3) is 0 Å². The van der Waals surface area contributed by atoms with E-state index in [2.05, 4.69) is 4.98 Å². The quantitative estimate of drug-likeness (QED) is 0.825. The predicted molar refractivity (Wildman–Crippen MR) is 67.2 cm³/mol. The van der Waals surface area contributed by atoms with E-state index in [4.69, 9.17) is 5.73 Å². The molecular formula is C13H14FN3. The third-order valence-corrected chi connectivity index (χ3v) is 2.57. The lowest BCUT2D eigenvalue weighted by atomic mass is 10.2. The third kappa shape index (κ3) is 2.53. The van der Waals surface area contributed by atoms with Crippen LogP contribution in [-0.2, 0) is 6.54 Å². The maximum absolute atomic E-state index is 13.3. The predicted octanol–water partition coefficient (Wildman–Crippen LogP) is 2.44. The van der Waals surface area contributed by atoms with Crippen molar-refractivity contribution in [3.63, 3.8) is 0 Å². The highest BCUT2D eigenvalue weighted by molar-refractivity contribution is 5.67. The summed E-state index contributed by atoms with van der Waals surface area (Å²) < 4.78 is 13.3. The van der Waals surface area contributed by atoms with Crippen LogP contribution in [0.5, 0.6) is 0 Å². The number of pyridine rings is 1. The molecule has 1 heterocycles. The van der Waals surface area contributed by atoms with Crippen LogP contribution in [0.1, 0.15) is 5.69 Å². The molecule has 2 aromatic rings. The van der Waals surface area contributed by atoms with Crippen molar-refractivity contribution in [3.8, 4) is 0 Å². The van der Waals surface area contributed by atoms with Crippen LogP contribution in [0.4, 0.5) is 15.8 Å². The molecule has 0 atom stereocenters. The molecule has 4 heteroatoms. The van der Waals surface area contributed by atoms with Crippen molar-refractivity contribution in [3.05, 3.63) is 54.1 Å². The Labute approximate surface area is 99.7 Å². The third-order valence-electron chi connectivity index (χ3n) is 2.57. The second-order valence-corrected chi connectivity index (χ2v) is 3.85. The Morgan fingerprint density at radius 2 is 2.06 bits per heavy atom. The van der Waals surface area contributed by atoms with Gasteiger partial charge in [-0.2, -0.15) is 0 Å². The molecule has 1 aromatic carbocycles. The first-order chi connectivity index (χ1) is 8.18. The Morgan fingerprint density at radius 1 is 1.24 bits per heavy atom. The minimum Gasteiger partial charge on any atom is -0.395 e. The molecule has 0 amide bonds. The lowest BCUT2D eigenvalue weighted by Gasteiger charge is -2.20. The molecule has 0 unspecified atom stereocenters. The van der Waals surface area contributed by atoms with E-state index in [9.17, 15) is 4.39 Å². The van der Waals surface area contributed by atoms with Gasteiger partial charge >= 0.3 is 0 Å². The van der Waals surface area contributed by atoms with Crippen LogP contribution in [0.2, 0.25) is 0 Å². The number of anilines is 2. The number of para-hydroxylation sites is 1. The molecule has 88 valence electrons. The highest BCUT2D eigenvalue weighted by atomic mass is 19.1. The summed E-state index contributed by atoms with van der Waals surface area (Å²) >= 11 is 0. The first-order valence-corrected chi connectivity index (χ1v) is 5.33. The van der Waals surface area contributed by atoms with Gasteiger partial charge in [0, 0.05) is 13.2 Å². The van der Waals surface area contributed by atoms with Gasteiger partial charge in [-0.05, 0) is 24.3 Å². The number of hydrogen-bond acceptors (Lipinski definition) is 3. The van der Waals surface area contributed by atoms with Crippen molar-refractivity contribution in [1.82, 2.24) is 4.98 Å². The topological polar surface area (TPSA) is 42.2 Å². The summed E-state index contributed by atoms with van der Waals surface area (Å²) in [4.78, 5) is 6.10. The summed E-state index contributed by atoms with van der Waals surface area (Å²) in [6.45, 7) is 0.592. The molecule has 0 bridgehead atoms. The van der Waals surface area contributed by atoms with E-state index >= 15 is 0 Å². The monoisotopic (exact) mass is 231 g/mol. The summed E-state index contributed by atoms with van der Waals surface area (Å²) in [7, 11) is 1.86. The maximum Gasteiger partial charge on any atom is 0.148 e. The molecule has 0 fully saturated rings. The van der Waals surface area contributed by atoms with Crippen LogP contribution < -0.4 is 10.6 Å². The van der Waals surface area contributed by atoms with Crippen LogP contribution in [-0.4, -0.2) is 12.0 Å². The molecule has 0 saturated heterocycles. The lowest BCUT2D eigenvalue weighted by Crippen LogP contribution is -2.18. The number of aromatic nitrogens is 1. The molecule has 2 rings (SSSR count). The Hall–Kier alpha value is -2.10. The molecule has 0 radical (unpaired) electrons. The van der Waals surface area contributed by atoms with Gasteiger partial charge in [0.2, 0.25) is 0 Å². The van der Waals surface area contributed by atoms with E-state index in [0.29, 0.717) is 12.2 Å². The molecule has 1 aromatic heterocycles. The standard InChI is InChI=1S/C13H14FN3/c1-17(9-10-5-2-3-8-16-10)12-7-4-6-11(14)13(12)15/h2-8H,9,15H2,1H3. The number of nitrogens with zero attached hydrogens (tertiary/aromatic N) is 2. The van der Waals surface area contributed by atoms with Crippen molar-refractivity contribution < 1.29 is 4.39 Å². The van der Waals surface area contributed by atoms with Gasteiger partial charge in [0.1, 0.15) is 5.82 Å². The molecule has 3 nitrogen and oxygen atoms in total. The Kier molecular flexibility index (Phi) is 3.23. The fourth-order valence-corrected chi connectivity index (χ4v) is 1.68. The number of nitrogen functional groups attached to an aromatic ring is 1. The fraction of sp³-hybridized carbons (Fsp3) is 0.154. The van der Waals surface area contributed by atoms with Crippen molar-refractivity contribution in [2.24, 2.45) is 0 Å². The average Bonchev–Trinajstić information content (AvgIpc) is 2.34. The number of halogens is 1. The minimum atomic E-state index is -0.393. The molecule has 0 spiro atoms. The highest BCUT2D eigenvalue weighted by Crippen LogP contribution is 2.25. The summed E-state index contributed by atoms with van der Waals surface area (Å²) in [6, 6.07) is 10.5. The molecule has 0 aliphatic rings. The van der Waals surface area contributed by atoms with Gasteiger partial charge in [0.25, 0.3) is 0 Å². The van der Waals surface area contributed by atoms with Crippen molar-refractivity contribution in [2.75, 3.05) is 17.7 Å². The van der Waals surface area contributed by atoms with Crippen LogP contribution in [0.3, 0.4) is 0 Å². The SMILES string of the molecule is CN(Cc1ccccn1)c1cccc(F)c1N. The van der Waals surface area contributed by atoms with Crippen LogP contribution in [0, 0.1) is 5.82 Å². The van der Waals surface area contributed by atoms with Crippen LogP contribution >= 0.6 is 0 Å². The molecule has 17 heavy (non-hydrogen) atoms. The van der Waals surface area contributed by atoms with Gasteiger partial charge in [-0.15, -0.1) is 0 Å². The molecule has 2 N–H and O–H groups in total. The van der Waals surface area contributed by atoms with E-state index < -0.39 is 5.82 Å². The van der Waals surface area contributed by atoms with Gasteiger partial charge in [-0.3, -0.25) is 4.98 Å². The van der Waals surface area contributed by atoms with Gasteiger partial charge in [-0.1, -0.05) is 12.1 Å². The van der Waals surface area contributed by atoms with E-state index in [1.54, 1.807) is 18.3 Å². The maximum atomic E-state index is 13.3. The highest BCUT2D eigenvalue weighted by Gasteiger charge is 2.09. The Bertz CT molecular complexity index is 499. The van der Waals surface area contributed by atoms with Crippen molar-refractivity contribution in [1.29, 1.82) is 0 Å². The average molecular weight is 231 g/mol. The fourth-order valence-electron chi connectivity index (χ4n) is 1.68. The second kappa shape index (κ2) is 4.82. The minimum absolute atomic E-state index is 0.172. The summed E-state index contributed by atoms with van der Waals surface area (Å²) in [6.07, 6.45) is 1.73. The Balaban J connectivity index is 2.20. The molecule has 0 aliphatic carbocycles. The first kappa shape index (κ1) is 11.4. The first-order valence-electron chi connectivity index (χ1n) is 5.33. The molecule has 0 saturated carbocycles.